The van der Waals surface area contributed by atoms with Gasteiger partial charge in [0.25, 0.3) is 0 Å². The van der Waals surface area contributed by atoms with Crippen molar-refractivity contribution in [1.82, 2.24) is 5.32 Å². The zero-order valence-electron chi connectivity index (χ0n) is 13.8. The summed E-state index contributed by atoms with van der Waals surface area (Å²) < 4.78 is 0. The second-order valence-corrected chi connectivity index (χ2v) is 5.64. The summed E-state index contributed by atoms with van der Waals surface area (Å²) in [5, 5.41) is 3.44. The van der Waals surface area contributed by atoms with E-state index in [9.17, 15) is 0 Å². The normalized spacial score (nSPS) is 12.7. The highest BCUT2D eigenvalue weighted by molar-refractivity contribution is 5.68. The Hall–Kier alpha value is -2.02. The average Bonchev–Trinajstić information content (AvgIpc) is 2.43. The number of hydrogen-bond acceptors (Lipinski definition) is 1. The lowest BCUT2D eigenvalue weighted by Gasteiger charge is -2.24. The number of allylic oxidation sites excluding steroid dienone is 2. The minimum atomic E-state index is 0.167. The molecular formula is C20H27N. The predicted octanol–water partition coefficient (Wildman–Crippen LogP) is 5.41. The maximum absolute atomic E-state index is 4.11. The molecule has 1 atom stereocenters. The Bertz CT molecular complexity index is 575. The Morgan fingerprint density at radius 3 is 2.29 bits per heavy atom. The van der Waals surface area contributed by atoms with Gasteiger partial charge in [-0.05, 0) is 56.4 Å². The second kappa shape index (κ2) is 7.68. The third-order valence-electron chi connectivity index (χ3n) is 3.72. The summed E-state index contributed by atoms with van der Waals surface area (Å²) in [5.74, 6) is 0. The van der Waals surface area contributed by atoms with Gasteiger partial charge in [-0.25, -0.2) is 0 Å². The molecule has 1 N–H and O–H groups in total. The van der Waals surface area contributed by atoms with Gasteiger partial charge < -0.3 is 5.32 Å². The molecule has 0 aliphatic heterocycles. The van der Waals surface area contributed by atoms with Gasteiger partial charge in [-0.15, -0.1) is 0 Å². The Morgan fingerprint density at radius 2 is 1.81 bits per heavy atom. The third kappa shape index (κ3) is 4.78. The number of benzene rings is 1. The van der Waals surface area contributed by atoms with E-state index in [0.29, 0.717) is 0 Å². The highest BCUT2D eigenvalue weighted by atomic mass is 14.9. The molecule has 21 heavy (non-hydrogen) atoms. The van der Waals surface area contributed by atoms with Gasteiger partial charge in [-0.3, -0.25) is 0 Å². The third-order valence-corrected chi connectivity index (χ3v) is 3.72. The molecule has 0 saturated carbocycles. The van der Waals surface area contributed by atoms with E-state index in [1.807, 2.05) is 6.92 Å². The van der Waals surface area contributed by atoms with Crippen LogP contribution in [0.15, 0.2) is 66.9 Å². The lowest BCUT2D eigenvalue weighted by Crippen LogP contribution is -2.29. The average molecular weight is 281 g/mol. The standard InChI is InChI=1S/C20H27N/c1-8-18(19-12-10-9-11-16(19)6)13-20(15(4)5)21-17(7)14(2)3/h8-12,20-21H,2,4,7,13H2,1,3,5-6H3/b18-8-/t20-/m1/s1. The van der Waals surface area contributed by atoms with E-state index in [2.05, 4.69) is 76.2 Å². The molecule has 0 fully saturated rings. The quantitative estimate of drug-likeness (QED) is 0.520. The maximum Gasteiger partial charge on any atom is 0.0508 e. The molecule has 0 unspecified atom stereocenters. The first-order valence-corrected chi connectivity index (χ1v) is 7.34. The Kier molecular flexibility index (Phi) is 6.23. The number of nitrogens with one attached hydrogen (secondary N) is 1. The van der Waals surface area contributed by atoms with Crippen molar-refractivity contribution in [2.45, 2.75) is 40.2 Å². The molecule has 0 radical (unpaired) electrons. The number of aryl methyl sites for hydroxylation is 1. The molecule has 0 aromatic heterocycles. The SMILES string of the molecule is C=C(C)C(=C)N[C@H](C/C(=C/C)c1ccccc1C)C(=C)C. The van der Waals surface area contributed by atoms with Gasteiger partial charge in [0.05, 0.1) is 6.04 Å². The fourth-order valence-corrected chi connectivity index (χ4v) is 2.22. The largest absolute Gasteiger partial charge is 0.379 e. The molecule has 1 aromatic carbocycles. The van der Waals surface area contributed by atoms with Crippen molar-refractivity contribution in [3.8, 4) is 0 Å². The zero-order chi connectivity index (χ0) is 16.0. The summed E-state index contributed by atoms with van der Waals surface area (Å²) >= 11 is 0. The summed E-state index contributed by atoms with van der Waals surface area (Å²) in [6.07, 6.45) is 3.08. The highest BCUT2D eigenvalue weighted by Crippen LogP contribution is 2.25. The molecule has 0 spiro atoms. The summed E-state index contributed by atoms with van der Waals surface area (Å²) in [4.78, 5) is 0. The van der Waals surface area contributed by atoms with Crippen LogP contribution >= 0.6 is 0 Å². The van der Waals surface area contributed by atoms with Crippen LogP contribution in [0.2, 0.25) is 0 Å². The van der Waals surface area contributed by atoms with Gasteiger partial charge in [-0.2, -0.15) is 0 Å². The fraction of sp³-hybridized carbons (Fsp3) is 0.300. The number of hydrogen-bond donors (Lipinski definition) is 1. The molecule has 0 amide bonds. The van der Waals surface area contributed by atoms with Gasteiger partial charge in [0.2, 0.25) is 0 Å². The summed E-state index contributed by atoms with van der Waals surface area (Å²) in [6.45, 7) is 20.3. The van der Waals surface area contributed by atoms with Crippen molar-refractivity contribution in [2.75, 3.05) is 0 Å². The van der Waals surface area contributed by atoms with E-state index in [-0.39, 0.29) is 6.04 Å². The van der Waals surface area contributed by atoms with Crippen LogP contribution in [0.25, 0.3) is 5.57 Å². The van der Waals surface area contributed by atoms with Crippen molar-refractivity contribution in [1.29, 1.82) is 0 Å². The van der Waals surface area contributed by atoms with Crippen LogP contribution in [0, 0.1) is 6.92 Å². The van der Waals surface area contributed by atoms with E-state index in [1.165, 1.54) is 16.7 Å². The first-order valence-electron chi connectivity index (χ1n) is 7.34. The van der Waals surface area contributed by atoms with Gasteiger partial charge in [0.1, 0.15) is 0 Å². The Labute approximate surface area is 129 Å². The molecule has 1 aromatic rings. The fourth-order valence-electron chi connectivity index (χ4n) is 2.22. The lowest BCUT2D eigenvalue weighted by atomic mass is 9.92. The van der Waals surface area contributed by atoms with E-state index in [0.717, 1.165) is 23.3 Å². The van der Waals surface area contributed by atoms with Crippen molar-refractivity contribution >= 4 is 5.57 Å². The second-order valence-electron chi connectivity index (χ2n) is 5.64. The zero-order valence-corrected chi connectivity index (χ0v) is 13.8. The van der Waals surface area contributed by atoms with Gasteiger partial charge >= 0.3 is 0 Å². The van der Waals surface area contributed by atoms with E-state index >= 15 is 0 Å². The highest BCUT2D eigenvalue weighted by Gasteiger charge is 2.14. The van der Waals surface area contributed by atoms with Crippen LogP contribution in [-0.2, 0) is 0 Å². The van der Waals surface area contributed by atoms with Crippen molar-refractivity contribution in [2.24, 2.45) is 0 Å². The first kappa shape index (κ1) is 17.0. The van der Waals surface area contributed by atoms with Gasteiger partial charge in [0.15, 0.2) is 0 Å². The Balaban J connectivity index is 2.97. The van der Waals surface area contributed by atoms with Crippen LogP contribution in [0.3, 0.4) is 0 Å². The van der Waals surface area contributed by atoms with Crippen LogP contribution in [0.4, 0.5) is 0 Å². The lowest BCUT2D eigenvalue weighted by molar-refractivity contribution is 0.660. The van der Waals surface area contributed by atoms with Crippen molar-refractivity contribution in [3.63, 3.8) is 0 Å². The molecule has 0 aliphatic rings. The molecule has 0 bridgehead atoms. The topological polar surface area (TPSA) is 12.0 Å². The van der Waals surface area contributed by atoms with Crippen LogP contribution in [0.1, 0.15) is 38.3 Å². The van der Waals surface area contributed by atoms with Crippen LogP contribution in [0.5, 0.6) is 0 Å². The smallest absolute Gasteiger partial charge is 0.0508 e. The molecule has 112 valence electrons. The summed E-state index contributed by atoms with van der Waals surface area (Å²) in [5.41, 5.74) is 6.86. The molecule has 0 aliphatic carbocycles. The Morgan fingerprint density at radius 1 is 1.19 bits per heavy atom. The minimum Gasteiger partial charge on any atom is -0.379 e. The first-order chi connectivity index (χ1) is 9.86. The maximum atomic E-state index is 4.11. The van der Waals surface area contributed by atoms with E-state index in [1.54, 1.807) is 0 Å². The molecule has 1 nitrogen and oxygen atoms in total. The molecule has 1 rings (SSSR count). The molecule has 0 heterocycles. The number of rotatable bonds is 7. The molecular weight excluding hydrogens is 254 g/mol. The monoisotopic (exact) mass is 281 g/mol. The van der Waals surface area contributed by atoms with E-state index in [4.69, 9.17) is 0 Å². The minimum absolute atomic E-state index is 0.167. The predicted molar refractivity (Wildman–Crippen MR) is 95.1 cm³/mol. The molecule has 1 heteroatoms. The van der Waals surface area contributed by atoms with Crippen LogP contribution < -0.4 is 5.32 Å². The molecule has 0 saturated heterocycles. The van der Waals surface area contributed by atoms with Crippen LogP contribution in [-0.4, -0.2) is 6.04 Å². The summed E-state index contributed by atoms with van der Waals surface area (Å²) in [6, 6.07) is 8.65. The van der Waals surface area contributed by atoms with Gasteiger partial charge in [0, 0.05) is 5.70 Å². The summed E-state index contributed by atoms with van der Waals surface area (Å²) in [7, 11) is 0. The van der Waals surface area contributed by atoms with E-state index < -0.39 is 0 Å². The van der Waals surface area contributed by atoms with Crippen molar-refractivity contribution < 1.29 is 0 Å². The van der Waals surface area contributed by atoms with Gasteiger partial charge in [-0.1, -0.05) is 55.7 Å². The van der Waals surface area contributed by atoms with Crippen molar-refractivity contribution in [3.05, 3.63) is 78.0 Å².